The maximum atomic E-state index is 12.5. The Bertz CT molecular complexity index is 462. The summed E-state index contributed by atoms with van der Waals surface area (Å²) in [6.07, 6.45) is -4.19. The highest BCUT2D eigenvalue weighted by Gasteiger charge is 2.33. The minimum Gasteiger partial charge on any atom is -0.480 e. The maximum Gasteiger partial charge on any atom is 0.416 e. The lowest BCUT2D eigenvalue weighted by atomic mass is 10.00. The van der Waals surface area contributed by atoms with Gasteiger partial charge in [0.15, 0.2) is 0 Å². The van der Waals surface area contributed by atoms with Gasteiger partial charge >= 0.3 is 12.1 Å². The Morgan fingerprint density at radius 2 is 2.06 bits per heavy atom. The normalized spacial score (nSPS) is 24.2. The van der Waals surface area contributed by atoms with E-state index in [0.29, 0.717) is 5.56 Å². The van der Waals surface area contributed by atoms with Crippen molar-refractivity contribution in [1.82, 2.24) is 10.9 Å². The number of aliphatic carboxylic acids is 1. The zero-order valence-corrected chi connectivity index (χ0v) is 9.16. The number of nitrogens with one attached hydrogen (secondary N) is 2. The highest BCUT2D eigenvalue weighted by atomic mass is 19.4. The molecule has 18 heavy (non-hydrogen) atoms. The number of alkyl halides is 3. The second-order valence-corrected chi connectivity index (χ2v) is 4.09. The summed E-state index contributed by atoms with van der Waals surface area (Å²) >= 11 is 0. The third-order valence-corrected chi connectivity index (χ3v) is 2.82. The molecular weight excluding hydrogens is 249 g/mol. The molecule has 0 radical (unpaired) electrons. The molecule has 1 fully saturated rings. The van der Waals surface area contributed by atoms with Gasteiger partial charge in [-0.3, -0.25) is 4.79 Å². The van der Waals surface area contributed by atoms with Crippen molar-refractivity contribution in [2.24, 2.45) is 0 Å². The third-order valence-electron chi connectivity index (χ3n) is 2.82. The molecular formula is C11H11F3N2O2. The van der Waals surface area contributed by atoms with Crippen molar-refractivity contribution in [1.29, 1.82) is 0 Å². The lowest BCUT2D eigenvalue weighted by molar-refractivity contribution is -0.139. The summed E-state index contributed by atoms with van der Waals surface area (Å²) in [6.45, 7) is 0. The zero-order valence-electron chi connectivity index (χ0n) is 9.16. The summed E-state index contributed by atoms with van der Waals surface area (Å²) in [7, 11) is 0. The lowest BCUT2D eigenvalue weighted by Crippen LogP contribution is -2.36. The standard InChI is InChI=1S/C11H11F3N2O2/c12-11(13,14)7-3-1-2-6(4-7)8-5-9(10(17)18)16-15-8/h1-4,8-9,15-16H,5H2,(H,17,18). The minimum atomic E-state index is -4.39. The molecule has 4 nitrogen and oxygen atoms in total. The topological polar surface area (TPSA) is 61.4 Å². The minimum absolute atomic E-state index is 0.205. The zero-order chi connectivity index (χ0) is 13.3. The number of carboxylic acid groups (broad SMARTS) is 1. The average molecular weight is 260 g/mol. The van der Waals surface area contributed by atoms with E-state index in [0.717, 1.165) is 12.1 Å². The molecule has 2 rings (SSSR count). The fourth-order valence-corrected chi connectivity index (χ4v) is 1.87. The second-order valence-electron chi connectivity index (χ2n) is 4.09. The van der Waals surface area contributed by atoms with E-state index in [1.54, 1.807) is 6.07 Å². The van der Waals surface area contributed by atoms with Gasteiger partial charge in [-0.1, -0.05) is 12.1 Å². The molecule has 0 aromatic heterocycles. The first kappa shape index (κ1) is 12.8. The number of rotatable bonds is 2. The summed E-state index contributed by atoms with van der Waals surface area (Å²) < 4.78 is 37.6. The third kappa shape index (κ3) is 2.62. The molecule has 98 valence electrons. The first-order chi connectivity index (χ1) is 8.38. The summed E-state index contributed by atoms with van der Waals surface area (Å²) in [5.74, 6) is -1.03. The molecule has 1 saturated heterocycles. The van der Waals surface area contributed by atoms with Gasteiger partial charge in [-0.05, 0) is 24.1 Å². The van der Waals surface area contributed by atoms with Crippen LogP contribution in [0.15, 0.2) is 24.3 Å². The summed E-state index contributed by atoms with van der Waals surface area (Å²) in [5.41, 5.74) is 4.90. The highest BCUT2D eigenvalue weighted by molar-refractivity contribution is 5.73. The largest absolute Gasteiger partial charge is 0.480 e. The van der Waals surface area contributed by atoms with Gasteiger partial charge in [0, 0.05) is 6.04 Å². The molecule has 7 heteroatoms. The monoisotopic (exact) mass is 260 g/mol. The molecule has 1 aromatic rings. The molecule has 1 heterocycles. The van der Waals surface area contributed by atoms with E-state index in [1.165, 1.54) is 6.07 Å². The Morgan fingerprint density at radius 1 is 1.33 bits per heavy atom. The molecule has 0 aliphatic carbocycles. The predicted molar refractivity (Wildman–Crippen MR) is 56.5 cm³/mol. The van der Waals surface area contributed by atoms with E-state index in [-0.39, 0.29) is 6.42 Å². The number of hydrazine groups is 1. The Hall–Kier alpha value is -1.60. The van der Waals surface area contributed by atoms with Gasteiger partial charge in [0.25, 0.3) is 0 Å². The van der Waals surface area contributed by atoms with E-state index in [4.69, 9.17) is 5.11 Å². The molecule has 0 spiro atoms. The van der Waals surface area contributed by atoms with Gasteiger partial charge in [-0.15, -0.1) is 0 Å². The predicted octanol–water partition coefficient (Wildman–Crippen LogP) is 1.70. The van der Waals surface area contributed by atoms with Crippen molar-refractivity contribution in [2.75, 3.05) is 0 Å². The SMILES string of the molecule is O=C(O)C1CC(c2cccc(C(F)(F)F)c2)NN1. The van der Waals surface area contributed by atoms with Gasteiger partial charge in [-0.2, -0.15) is 13.2 Å². The molecule has 0 bridgehead atoms. The van der Waals surface area contributed by atoms with Gasteiger partial charge in [-0.25, -0.2) is 10.9 Å². The Kier molecular flexibility index (Phi) is 3.27. The van der Waals surface area contributed by atoms with Crippen LogP contribution < -0.4 is 10.9 Å². The van der Waals surface area contributed by atoms with Gasteiger partial charge in [0.2, 0.25) is 0 Å². The second kappa shape index (κ2) is 4.58. The van der Waals surface area contributed by atoms with Crippen LogP contribution in [0.2, 0.25) is 0 Å². The Morgan fingerprint density at radius 3 is 2.61 bits per heavy atom. The van der Waals surface area contributed by atoms with Crippen molar-refractivity contribution in [2.45, 2.75) is 24.7 Å². The van der Waals surface area contributed by atoms with Crippen LogP contribution in [-0.4, -0.2) is 17.1 Å². The van der Waals surface area contributed by atoms with E-state index in [9.17, 15) is 18.0 Å². The molecule has 2 atom stereocenters. The van der Waals surface area contributed by atoms with Crippen LogP contribution in [0.25, 0.3) is 0 Å². The van der Waals surface area contributed by atoms with Gasteiger partial charge in [0.05, 0.1) is 5.56 Å². The number of carbonyl (C=O) groups is 1. The van der Waals surface area contributed by atoms with E-state index >= 15 is 0 Å². The van der Waals surface area contributed by atoms with Crippen LogP contribution in [0.5, 0.6) is 0 Å². The van der Waals surface area contributed by atoms with Crippen LogP contribution in [0.4, 0.5) is 13.2 Å². The summed E-state index contributed by atoms with van der Waals surface area (Å²) in [6, 6.07) is 3.65. The highest BCUT2D eigenvalue weighted by Crippen LogP contribution is 2.32. The van der Waals surface area contributed by atoms with Crippen LogP contribution in [0.1, 0.15) is 23.6 Å². The molecule has 3 N–H and O–H groups in total. The number of benzene rings is 1. The van der Waals surface area contributed by atoms with Crippen molar-refractivity contribution in [3.63, 3.8) is 0 Å². The molecule has 0 amide bonds. The average Bonchev–Trinajstić information content (AvgIpc) is 2.77. The van der Waals surface area contributed by atoms with Gasteiger partial charge in [0.1, 0.15) is 6.04 Å². The van der Waals surface area contributed by atoms with Crippen LogP contribution >= 0.6 is 0 Å². The Balaban J connectivity index is 2.18. The van der Waals surface area contributed by atoms with E-state index < -0.39 is 29.8 Å². The first-order valence-corrected chi connectivity index (χ1v) is 5.29. The summed E-state index contributed by atoms with van der Waals surface area (Å²) in [4.78, 5) is 10.7. The smallest absolute Gasteiger partial charge is 0.416 e. The van der Waals surface area contributed by atoms with Gasteiger partial charge < -0.3 is 5.11 Å². The van der Waals surface area contributed by atoms with E-state index in [2.05, 4.69) is 10.9 Å². The maximum absolute atomic E-state index is 12.5. The van der Waals surface area contributed by atoms with Crippen molar-refractivity contribution in [3.05, 3.63) is 35.4 Å². The van der Waals surface area contributed by atoms with Crippen LogP contribution in [0, 0.1) is 0 Å². The fraction of sp³-hybridized carbons (Fsp3) is 0.364. The lowest BCUT2D eigenvalue weighted by Gasteiger charge is -2.12. The molecule has 2 unspecified atom stereocenters. The summed E-state index contributed by atoms with van der Waals surface area (Å²) in [5, 5.41) is 8.78. The Labute approximate surface area is 101 Å². The first-order valence-electron chi connectivity index (χ1n) is 5.29. The number of carboxylic acids is 1. The van der Waals surface area contributed by atoms with Crippen molar-refractivity contribution >= 4 is 5.97 Å². The number of hydrogen-bond acceptors (Lipinski definition) is 3. The molecule has 0 saturated carbocycles. The number of hydrogen-bond donors (Lipinski definition) is 3. The van der Waals surface area contributed by atoms with Crippen molar-refractivity contribution < 1.29 is 23.1 Å². The van der Waals surface area contributed by atoms with E-state index in [1.807, 2.05) is 0 Å². The fourth-order valence-electron chi connectivity index (χ4n) is 1.87. The van der Waals surface area contributed by atoms with Crippen molar-refractivity contribution in [3.8, 4) is 0 Å². The van der Waals surface area contributed by atoms with Crippen LogP contribution in [-0.2, 0) is 11.0 Å². The quantitative estimate of drug-likeness (QED) is 0.757. The van der Waals surface area contributed by atoms with Crippen LogP contribution in [0.3, 0.4) is 0 Å². The molecule has 1 aliphatic rings. The molecule has 1 aliphatic heterocycles. The molecule has 1 aromatic carbocycles. The number of halogens is 3.